The number of benzene rings is 2. The second-order valence-corrected chi connectivity index (χ2v) is 7.62. The predicted octanol–water partition coefficient (Wildman–Crippen LogP) is 4.47. The third-order valence-electron chi connectivity index (χ3n) is 5.60. The zero-order valence-corrected chi connectivity index (χ0v) is 16.8. The number of carbonyl (C=O) groups excluding carboxylic acids is 1. The van der Waals surface area contributed by atoms with Gasteiger partial charge in [-0.15, -0.1) is 0 Å². The Kier molecular flexibility index (Phi) is 6.36. The number of ether oxygens (including phenoxy) is 1. The average molecular weight is 424 g/mol. The normalized spacial score (nSPS) is 20.7. The molecular formula is C22H24F4N2O2. The van der Waals surface area contributed by atoms with Gasteiger partial charge in [0.25, 0.3) is 0 Å². The number of methoxy groups -OCH3 is 1. The lowest BCUT2D eigenvalue weighted by Gasteiger charge is -2.32. The Morgan fingerprint density at radius 2 is 1.93 bits per heavy atom. The Morgan fingerprint density at radius 3 is 2.53 bits per heavy atom. The zero-order chi connectivity index (χ0) is 21.9. The van der Waals surface area contributed by atoms with Crippen molar-refractivity contribution in [1.29, 1.82) is 0 Å². The van der Waals surface area contributed by atoms with Crippen LogP contribution in [0.25, 0.3) is 0 Å². The van der Waals surface area contributed by atoms with Crippen molar-refractivity contribution in [2.45, 2.75) is 32.1 Å². The maximum atomic E-state index is 14.0. The molecule has 3 rings (SSSR count). The second kappa shape index (κ2) is 8.63. The van der Waals surface area contributed by atoms with Crippen LogP contribution in [0.3, 0.4) is 0 Å². The smallest absolute Gasteiger partial charge is 0.404 e. The maximum Gasteiger partial charge on any atom is 0.404 e. The first kappa shape index (κ1) is 22.1. The quantitative estimate of drug-likeness (QED) is 0.696. The lowest BCUT2D eigenvalue weighted by molar-refractivity contribution is -0.218. The van der Waals surface area contributed by atoms with E-state index >= 15 is 0 Å². The fraction of sp³-hybridized carbons (Fsp3) is 0.409. The molecule has 8 heteroatoms. The molecule has 0 spiro atoms. The van der Waals surface area contributed by atoms with Crippen LogP contribution in [-0.4, -0.2) is 37.2 Å². The molecule has 1 heterocycles. The molecule has 1 amide bonds. The fourth-order valence-electron chi connectivity index (χ4n) is 3.78. The van der Waals surface area contributed by atoms with Crippen molar-refractivity contribution in [1.82, 2.24) is 10.2 Å². The molecule has 1 saturated heterocycles. The summed E-state index contributed by atoms with van der Waals surface area (Å²) in [6, 6.07) is 12.4. The van der Waals surface area contributed by atoms with Gasteiger partial charge in [-0.25, -0.2) is 4.39 Å². The van der Waals surface area contributed by atoms with Gasteiger partial charge in [-0.1, -0.05) is 36.4 Å². The van der Waals surface area contributed by atoms with Gasteiger partial charge < -0.3 is 10.1 Å². The Balaban J connectivity index is 1.75. The van der Waals surface area contributed by atoms with E-state index in [2.05, 4.69) is 5.32 Å². The zero-order valence-electron chi connectivity index (χ0n) is 16.8. The van der Waals surface area contributed by atoms with Crippen LogP contribution in [0.2, 0.25) is 0 Å². The van der Waals surface area contributed by atoms with Crippen LogP contribution in [-0.2, 0) is 11.3 Å². The number of hydrogen-bond acceptors (Lipinski definition) is 3. The molecule has 2 atom stereocenters. The van der Waals surface area contributed by atoms with Crippen molar-refractivity contribution in [3.63, 3.8) is 0 Å². The summed E-state index contributed by atoms with van der Waals surface area (Å²) in [7, 11) is 1.32. The van der Waals surface area contributed by atoms with Crippen LogP contribution in [0.4, 0.5) is 17.6 Å². The molecule has 0 aromatic heterocycles. The van der Waals surface area contributed by atoms with Crippen LogP contribution in [0, 0.1) is 11.2 Å². The summed E-state index contributed by atoms with van der Waals surface area (Å²) in [5.74, 6) is -1.71. The Morgan fingerprint density at radius 1 is 1.23 bits per heavy atom. The highest BCUT2D eigenvalue weighted by atomic mass is 19.4. The van der Waals surface area contributed by atoms with Gasteiger partial charge in [0.1, 0.15) is 0 Å². The first-order valence-electron chi connectivity index (χ1n) is 9.64. The van der Waals surface area contributed by atoms with E-state index in [0.717, 1.165) is 11.6 Å². The number of nitrogens with one attached hydrogen (secondary N) is 1. The van der Waals surface area contributed by atoms with Crippen molar-refractivity contribution >= 4 is 5.91 Å². The molecule has 1 N–H and O–H groups in total. The van der Waals surface area contributed by atoms with E-state index in [4.69, 9.17) is 4.74 Å². The lowest BCUT2D eigenvalue weighted by Crippen LogP contribution is -2.52. The number of amides is 1. The standard InChI is InChI=1S/C22H24F4N2O2/c1-15(17-8-9-19(30-2)18(23)12-17)27-20(29)21(22(24,25)26)10-11-28(14-21)13-16-6-4-3-5-7-16/h3-9,12,15H,10-11,13-14H2,1-2H3,(H,27,29)/t15-,21-/m0/s1. The molecule has 1 aliphatic heterocycles. The molecule has 2 aromatic rings. The summed E-state index contributed by atoms with van der Waals surface area (Å²) >= 11 is 0. The van der Waals surface area contributed by atoms with E-state index in [0.29, 0.717) is 12.1 Å². The Labute approximate surface area is 172 Å². The maximum absolute atomic E-state index is 14.0. The van der Waals surface area contributed by atoms with Gasteiger partial charge in [0.15, 0.2) is 17.0 Å². The Bertz CT molecular complexity index is 888. The van der Waals surface area contributed by atoms with E-state index in [9.17, 15) is 22.4 Å². The number of nitrogens with zero attached hydrogens (tertiary/aromatic N) is 1. The van der Waals surface area contributed by atoms with Crippen LogP contribution in [0.15, 0.2) is 48.5 Å². The molecule has 4 nitrogen and oxygen atoms in total. The van der Waals surface area contributed by atoms with Crippen LogP contribution < -0.4 is 10.1 Å². The van der Waals surface area contributed by atoms with Gasteiger partial charge in [0, 0.05) is 13.1 Å². The molecule has 0 saturated carbocycles. The number of rotatable bonds is 6. The van der Waals surface area contributed by atoms with Crippen LogP contribution in [0.5, 0.6) is 5.75 Å². The summed E-state index contributed by atoms with van der Waals surface area (Å²) in [4.78, 5) is 14.5. The minimum absolute atomic E-state index is 0.0244. The molecule has 162 valence electrons. The van der Waals surface area contributed by atoms with Gasteiger partial charge in [-0.05, 0) is 43.1 Å². The highest BCUT2D eigenvalue weighted by Gasteiger charge is 2.63. The van der Waals surface area contributed by atoms with Crippen LogP contribution >= 0.6 is 0 Å². The summed E-state index contributed by atoms with van der Waals surface area (Å²) in [5.41, 5.74) is -1.25. The molecule has 1 aliphatic rings. The fourth-order valence-corrected chi connectivity index (χ4v) is 3.78. The molecule has 1 fully saturated rings. The number of hydrogen-bond donors (Lipinski definition) is 1. The third-order valence-corrected chi connectivity index (χ3v) is 5.60. The van der Waals surface area contributed by atoms with Gasteiger partial charge in [-0.2, -0.15) is 13.2 Å². The first-order chi connectivity index (χ1) is 14.2. The van der Waals surface area contributed by atoms with Gasteiger partial charge in [0.2, 0.25) is 5.91 Å². The molecule has 0 unspecified atom stereocenters. The van der Waals surface area contributed by atoms with Crippen LogP contribution in [0.1, 0.15) is 30.5 Å². The van der Waals surface area contributed by atoms with Crippen molar-refractivity contribution in [3.8, 4) is 5.75 Å². The molecule has 2 aromatic carbocycles. The highest BCUT2D eigenvalue weighted by Crippen LogP contribution is 2.46. The molecule has 0 aliphatic carbocycles. The van der Waals surface area contributed by atoms with Gasteiger partial charge in [0.05, 0.1) is 13.2 Å². The first-order valence-corrected chi connectivity index (χ1v) is 9.64. The minimum atomic E-state index is -4.70. The minimum Gasteiger partial charge on any atom is -0.494 e. The molecule has 0 bridgehead atoms. The number of halogens is 4. The van der Waals surface area contributed by atoms with E-state index < -0.39 is 35.9 Å². The Hall–Kier alpha value is -2.61. The van der Waals surface area contributed by atoms with Gasteiger partial charge in [-0.3, -0.25) is 9.69 Å². The van der Waals surface area contributed by atoms with Gasteiger partial charge >= 0.3 is 6.18 Å². The monoisotopic (exact) mass is 424 g/mol. The van der Waals surface area contributed by atoms with E-state index in [1.54, 1.807) is 4.90 Å². The van der Waals surface area contributed by atoms with Crippen molar-refractivity contribution in [2.75, 3.05) is 20.2 Å². The molecule has 30 heavy (non-hydrogen) atoms. The summed E-state index contributed by atoms with van der Waals surface area (Å²) in [5, 5.41) is 2.44. The largest absolute Gasteiger partial charge is 0.494 e. The summed E-state index contributed by atoms with van der Waals surface area (Å²) < 4.78 is 60.9. The summed E-state index contributed by atoms with van der Waals surface area (Å²) in [6.07, 6.45) is -5.02. The van der Waals surface area contributed by atoms with E-state index in [-0.39, 0.29) is 18.7 Å². The number of carbonyl (C=O) groups is 1. The summed E-state index contributed by atoms with van der Waals surface area (Å²) in [6.45, 7) is 1.61. The average Bonchev–Trinajstić information content (AvgIpc) is 3.14. The highest BCUT2D eigenvalue weighted by molar-refractivity contribution is 5.84. The van der Waals surface area contributed by atoms with Crippen molar-refractivity contribution in [2.24, 2.45) is 5.41 Å². The molecule has 0 radical (unpaired) electrons. The van der Waals surface area contributed by atoms with E-state index in [1.807, 2.05) is 30.3 Å². The van der Waals surface area contributed by atoms with Crippen molar-refractivity contribution in [3.05, 3.63) is 65.5 Å². The topological polar surface area (TPSA) is 41.6 Å². The number of likely N-dealkylation sites (tertiary alicyclic amines) is 1. The lowest BCUT2D eigenvalue weighted by atomic mass is 9.84. The molecular weight excluding hydrogens is 400 g/mol. The van der Waals surface area contributed by atoms with E-state index in [1.165, 1.54) is 26.2 Å². The second-order valence-electron chi connectivity index (χ2n) is 7.62. The van der Waals surface area contributed by atoms with Crippen molar-refractivity contribution < 1.29 is 27.1 Å². The SMILES string of the molecule is COc1ccc([C@H](C)NC(=O)[C@]2(C(F)(F)F)CCN(Cc3ccccc3)C2)cc1F. The third kappa shape index (κ3) is 4.43. The number of alkyl halides is 3. The predicted molar refractivity (Wildman–Crippen MR) is 104 cm³/mol.